The molecule has 0 unspecified atom stereocenters. The zero-order valence-corrected chi connectivity index (χ0v) is 16.8. The molecule has 2 N–H and O–H groups in total. The molecule has 2 rings (SSSR count). The molecule has 0 radical (unpaired) electrons. The minimum absolute atomic E-state index is 0.144. The summed E-state index contributed by atoms with van der Waals surface area (Å²) in [4.78, 5) is 23.8. The van der Waals surface area contributed by atoms with Gasteiger partial charge in [-0.15, -0.1) is 0 Å². The van der Waals surface area contributed by atoms with Gasteiger partial charge in [-0.05, 0) is 48.9 Å². The number of rotatable bonds is 7. The van der Waals surface area contributed by atoms with Gasteiger partial charge in [-0.3, -0.25) is 4.79 Å². The second-order valence-electron chi connectivity index (χ2n) is 7.29. The first-order valence-corrected chi connectivity index (χ1v) is 10.7. The highest BCUT2D eigenvalue weighted by Gasteiger charge is 2.29. The van der Waals surface area contributed by atoms with Gasteiger partial charge in [0.25, 0.3) is 5.91 Å². The largest absolute Gasteiger partial charge is 0.480 e. The molecule has 1 fully saturated rings. The molecule has 2 atom stereocenters. The topological polar surface area (TPSA) is 104 Å². The summed E-state index contributed by atoms with van der Waals surface area (Å²) >= 11 is 0. The van der Waals surface area contributed by atoms with Crippen molar-refractivity contribution in [2.75, 3.05) is 13.1 Å². The van der Waals surface area contributed by atoms with Crippen LogP contribution >= 0.6 is 0 Å². The molecule has 8 heteroatoms. The lowest BCUT2D eigenvalue weighted by molar-refractivity contribution is -0.140. The third kappa shape index (κ3) is 5.07. The zero-order chi connectivity index (χ0) is 20.2. The summed E-state index contributed by atoms with van der Waals surface area (Å²) < 4.78 is 26.9. The average Bonchev–Trinajstić information content (AvgIpc) is 2.65. The molecule has 1 amide bonds. The van der Waals surface area contributed by atoms with Gasteiger partial charge >= 0.3 is 5.97 Å². The molecule has 0 spiro atoms. The van der Waals surface area contributed by atoms with Gasteiger partial charge in [-0.2, -0.15) is 4.31 Å². The smallest absolute Gasteiger partial charge is 0.326 e. The Hall–Kier alpha value is -1.93. The van der Waals surface area contributed by atoms with Crippen LogP contribution in [0.2, 0.25) is 0 Å². The molecule has 1 heterocycles. The van der Waals surface area contributed by atoms with E-state index in [-0.39, 0.29) is 16.4 Å². The van der Waals surface area contributed by atoms with Crippen molar-refractivity contribution in [2.45, 2.75) is 51.0 Å². The molecule has 1 aliphatic rings. The van der Waals surface area contributed by atoms with E-state index in [1.807, 2.05) is 6.92 Å². The van der Waals surface area contributed by atoms with E-state index >= 15 is 0 Å². The van der Waals surface area contributed by atoms with Crippen molar-refractivity contribution in [3.63, 3.8) is 0 Å². The SMILES string of the molecule is CC[C@H](C)[C@H](NC(=O)c1ccc(S(=O)(=O)N2CCC(C)CC2)cc1)C(=O)O. The van der Waals surface area contributed by atoms with Gasteiger partial charge in [0.1, 0.15) is 6.04 Å². The molecule has 1 aliphatic heterocycles. The molecule has 7 nitrogen and oxygen atoms in total. The number of nitrogens with one attached hydrogen (secondary N) is 1. The molecule has 0 aliphatic carbocycles. The van der Waals surface area contributed by atoms with Crippen molar-refractivity contribution in [3.05, 3.63) is 29.8 Å². The molecule has 150 valence electrons. The van der Waals surface area contributed by atoms with Gasteiger partial charge in [-0.25, -0.2) is 13.2 Å². The predicted octanol–water partition coefficient (Wildman–Crippen LogP) is 2.34. The monoisotopic (exact) mass is 396 g/mol. The van der Waals surface area contributed by atoms with Crippen LogP contribution in [0.5, 0.6) is 0 Å². The van der Waals surface area contributed by atoms with E-state index in [0.717, 1.165) is 12.8 Å². The van der Waals surface area contributed by atoms with Crippen LogP contribution in [-0.2, 0) is 14.8 Å². The molecule has 1 saturated heterocycles. The van der Waals surface area contributed by atoms with Crippen molar-refractivity contribution in [1.82, 2.24) is 9.62 Å². The van der Waals surface area contributed by atoms with Gasteiger partial charge < -0.3 is 10.4 Å². The zero-order valence-electron chi connectivity index (χ0n) is 16.0. The number of benzene rings is 1. The average molecular weight is 397 g/mol. The number of hydrogen-bond acceptors (Lipinski definition) is 4. The number of hydrogen-bond donors (Lipinski definition) is 2. The third-order valence-corrected chi connectivity index (χ3v) is 7.18. The highest BCUT2D eigenvalue weighted by atomic mass is 32.2. The Balaban J connectivity index is 2.12. The predicted molar refractivity (Wildman–Crippen MR) is 102 cm³/mol. The van der Waals surface area contributed by atoms with Crippen molar-refractivity contribution in [1.29, 1.82) is 0 Å². The van der Waals surface area contributed by atoms with Crippen LogP contribution in [0, 0.1) is 11.8 Å². The van der Waals surface area contributed by atoms with Gasteiger partial charge in [0.15, 0.2) is 0 Å². The Morgan fingerprint density at radius 1 is 1.22 bits per heavy atom. The molecule has 1 aromatic carbocycles. The number of aliphatic carboxylic acids is 1. The molecule has 0 aromatic heterocycles. The highest BCUT2D eigenvalue weighted by Crippen LogP contribution is 2.23. The Kier molecular flexibility index (Phi) is 7.00. The van der Waals surface area contributed by atoms with E-state index in [9.17, 15) is 23.1 Å². The summed E-state index contributed by atoms with van der Waals surface area (Å²) in [7, 11) is -3.57. The fourth-order valence-corrected chi connectivity index (χ4v) is 4.53. The van der Waals surface area contributed by atoms with Gasteiger partial charge in [-0.1, -0.05) is 27.2 Å². The summed E-state index contributed by atoms with van der Waals surface area (Å²) in [5.74, 6) is -1.31. The minimum atomic E-state index is -3.57. The van der Waals surface area contributed by atoms with Crippen LogP contribution in [-0.4, -0.2) is 48.8 Å². The quantitative estimate of drug-likeness (QED) is 0.736. The van der Waals surface area contributed by atoms with E-state index in [0.29, 0.717) is 25.4 Å². The molecule has 0 saturated carbocycles. The first-order valence-electron chi connectivity index (χ1n) is 9.30. The van der Waals surface area contributed by atoms with Crippen molar-refractivity contribution < 1.29 is 23.1 Å². The van der Waals surface area contributed by atoms with E-state index in [1.54, 1.807) is 6.92 Å². The second kappa shape index (κ2) is 8.84. The van der Waals surface area contributed by atoms with Crippen molar-refractivity contribution >= 4 is 21.9 Å². The van der Waals surface area contributed by atoms with Crippen LogP contribution in [0.1, 0.15) is 50.4 Å². The number of carbonyl (C=O) groups is 2. The van der Waals surface area contributed by atoms with Crippen LogP contribution in [0.4, 0.5) is 0 Å². The standard InChI is InChI=1S/C19H28N2O5S/c1-4-14(3)17(19(23)24)20-18(22)15-5-7-16(8-6-15)27(25,26)21-11-9-13(2)10-12-21/h5-8,13-14,17H,4,9-12H2,1-3H3,(H,20,22)(H,23,24)/t14-,17-/m0/s1. The summed E-state index contributed by atoms with van der Waals surface area (Å²) in [6.45, 7) is 6.73. The lowest BCUT2D eigenvalue weighted by Crippen LogP contribution is -2.45. The van der Waals surface area contributed by atoms with Crippen LogP contribution in [0.25, 0.3) is 0 Å². The maximum Gasteiger partial charge on any atom is 0.326 e. The van der Waals surface area contributed by atoms with E-state index < -0.39 is 27.9 Å². The van der Waals surface area contributed by atoms with Crippen LogP contribution in [0.3, 0.4) is 0 Å². The molecule has 27 heavy (non-hydrogen) atoms. The summed E-state index contributed by atoms with van der Waals surface area (Å²) in [5, 5.41) is 11.8. The molecule has 1 aromatic rings. The number of carboxylic acids is 1. The maximum atomic E-state index is 12.7. The first kappa shape index (κ1) is 21.4. The number of carboxylic acid groups (broad SMARTS) is 1. The Bertz CT molecular complexity index is 768. The number of piperidine rings is 1. The Labute approximate surface area is 160 Å². The fourth-order valence-electron chi connectivity index (χ4n) is 3.06. The Morgan fingerprint density at radius 2 is 1.78 bits per heavy atom. The normalized spacial score (nSPS) is 18.6. The highest BCUT2D eigenvalue weighted by molar-refractivity contribution is 7.89. The number of amides is 1. The number of sulfonamides is 1. The molecular weight excluding hydrogens is 368 g/mol. The lowest BCUT2D eigenvalue weighted by atomic mass is 9.99. The summed E-state index contributed by atoms with van der Waals surface area (Å²) in [5.41, 5.74) is 0.232. The summed E-state index contributed by atoms with van der Waals surface area (Å²) in [6, 6.07) is 4.67. The number of carbonyl (C=O) groups excluding carboxylic acids is 1. The van der Waals surface area contributed by atoms with Gasteiger partial charge in [0.05, 0.1) is 4.90 Å². The van der Waals surface area contributed by atoms with Gasteiger partial charge in [0, 0.05) is 18.7 Å². The molecule has 0 bridgehead atoms. The second-order valence-corrected chi connectivity index (χ2v) is 9.22. The fraction of sp³-hybridized carbons (Fsp3) is 0.579. The lowest BCUT2D eigenvalue weighted by Gasteiger charge is -2.29. The van der Waals surface area contributed by atoms with Crippen LogP contribution < -0.4 is 5.32 Å². The van der Waals surface area contributed by atoms with Crippen molar-refractivity contribution in [2.24, 2.45) is 11.8 Å². The van der Waals surface area contributed by atoms with Gasteiger partial charge in [0.2, 0.25) is 10.0 Å². The van der Waals surface area contributed by atoms with E-state index in [1.165, 1.54) is 28.6 Å². The number of nitrogens with zero attached hydrogens (tertiary/aromatic N) is 1. The first-order chi connectivity index (χ1) is 12.7. The third-order valence-electron chi connectivity index (χ3n) is 5.26. The van der Waals surface area contributed by atoms with Crippen molar-refractivity contribution in [3.8, 4) is 0 Å². The Morgan fingerprint density at radius 3 is 2.26 bits per heavy atom. The van der Waals surface area contributed by atoms with E-state index in [4.69, 9.17) is 0 Å². The molecular formula is C19H28N2O5S. The minimum Gasteiger partial charge on any atom is -0.480 e. The van der Waals surface area contributed by atoms with Crippen LogP contribution in [0.15, 0.2) is 29.2 Å². The van der Waals surface area contributed by atoms with E-state index in [2.05, 4.69) is 12.2 Å². The maximum absolute atomic E-state index is 12.7. The summed E-state index contributed by atoms with van der Waals surface area (Å²) in [6.07, 6.45) is 2.29.